The maximum Gasteiger partial charge on any atom is 0.416 e. The molecule has 2 amide bonds. The van der Waals surface area contributed by atoms with Crippen LogP contribution in [0.25, 0.3) is 6.08 Å². The van der Waals surface area contributed by atoms with Crippen LogP contribution in [0, 0.1) is 0 Å². The molecule has 2 aromatic rings. The number of amides is 2. The number of carbonyl (C=O) groups excluding carboxylic acids is 2. The molecular weight excluding hydrogens is 436 g/mol. The number of carbonyl (C=O) groups is 2. The van der Waals surface area contributed by atoms with Crippen LogP contribution in [-0.4, -0.2) is 16.9 Å². The summed E-state index contributed by atoms with van der Waals surface area (Å²) >= 11 is 16.8. The minimum atomic E-state index is -4.60. The van der Waals surface area contributed by atoms with Gasteiger partial charge in [0.25, 0.3) is 11.8 Å². The second-order valence-corrected chi connectivity index (χ2v) is 6.90. The van der Waals surface area contributed by atoms with Crippen LogP contribution in [0.2, 0.25) is 10.0 Å². The third-order valence-corrected chi connectivity index (χ3v) is 4.69. The van der Waals surface area contributed by atoms with Crippen molar-refractivity contribution < 1.29 is 22.8 Å². The van der Waals surface area contributed by atoms with Crippen molar-refractivity contribution in [3.8, 4) is 0 Å². The Morgan fingerprint density at radius 3 is 2.29 bits per heavy atom. The molecule has 28 heavy (non-hydrogen) atoms. The van der Waals surface area contributed by atoms with Crippen molar-refractivity contribution in [1.29, 1.82) is 0 Å². The first-order chi connectivity index (χ1) is 13.1. The number of thiocarbonyl (C=S) groups is 1. The predicted octanol–water partition coefficient (Wildman–Crippen LogP) is 4.84. The van der Waals surface area contributed by atoms with E-state index in [1.165, 1.54) is 24.3 Å². The van der Waals surface area contributed by atoms with Gasteiger partial charge in [-0.25, -0.2) is 0 Å². The summed E-state index contributed by atoms with van der Waals surface area (Å²) in [7, 11) is 0. The van der Waals surface area contributed by atoms with E-state index >= 15 is 0 Å². The monoisotopic (exact) mass is 444 g/mol. The molecule has 0 unspecified atom stereocenters. The Kier molecular flexibility index (Phi) is 5.47. The van der Waals surface area contributed by atoms with Crippen LogP contribution in [0.1, 0.15) is 11.1 Å². The molecule has 3 rings (SSSR count). The van der Waals surface area contributed by atoms with Crippen LogP contribution >= 0.6 is 35.4 Å². The van der Waals surface area contributed by atoms with Crippen molar-refractivity contribution >= 4 is 64.1 Å². The SMILES string of the molecule is O=C1NC(=S)N(c2ccc(Cl)cc2)C(=O)C1=Cc1cc(C(F)(F)F)ccc1Cl. The van der Waals surface area contributed by atoms with Crippen LogP contribution in [0.15, 0.2) is 48.0 Å². The molecule has 1 aliphatic heterocycles. The molecule has 0 spiro atoms. The van der Waals surface area contributed by atoms with Gasteiger partial charge in [0.05, 0.1) is 11.3 Å². The van der Waals surface area contributed by atoms with E-state index in [2.05, 4.69) is 5.32 Å². The molecule has 0 atom stereocenters. The van der Waals surface area contributed by atoms with E-state index < -0.39 is 29.1 Å². The van der Waals surface area contributed by atoms with Gasteiger partial charge in [-0.3, -0.25) is 19.8 Å². The van der Waals surface area contributed by atoms with Gasteiger partial charge in [-0.05, 0) is 66.3 Å². The molecule has 1 aliphatic rings. The zero-order valence-electron chi connectivity index (χ0n) is 13.7. The molecule has 0 bridgehead atoms. The lowest BCUT2D eigenvalue weighted by molar-refractivity contribution is -0.137. The summed E-state index contributed by atoms with van der Waals surface area (Å²) in [6.45, 7) is 0. The molecular formula is C18H9Cl2F3N2O2S. The second kappa shape index (κ2) is 7.54. The van der Waals surface area contributed by atoms with Gasteiger partial charge in [0.15, 0.2) is 5.11 Å². The lowest BCUT2D eigenvalue weighted by atomic mass is 10.0. The standard InChI is InChI=1S/C18H9Cl2F3N2O2S/c19-11-2-4-12(5-3-11)25-16(27)13(15(26)24-17(25)28)8-9-7-10(18(21,22)23)1-6-14(9)20/h1-8H,(H,24,26,28). The first-order valence-electron chi connectivity index (χ1n) is 7.61. The normalized spacial score (nSPS) is 16.5. The molecule has 144 valence electrons. The highest BCUT2D eigenvalue weighted by molar-refractivity contribution is 7.80. The number of nitrogens with one attached hydrogen (secondary N) is 1. The van der Waals surface area contributed by atoms with Crippen LogP contribution in [0.5, 0.6) is 0 Å². The number of halogens is 5. The van der Waals surface area contributed by atoms with Gasteiger partial charge in [0.1, 0.15) is 5.57 Å². The van der Waals surface area contributed by atoms with E-state index in [0.717, 1.165) is 29.2 Å². The summed E-state index contributed by atoms with van der Waals surface area (Å²) < 4.78 is 38.9. The molecule has 10 heteroatoms. The summed E-state index contributed by atoms with van der Waals surface area (Å²) in [5.74, 6) is -1.64. The molecule has 0 aromatic heterocycles. The fraction of sp³-hybridized carbons (Fsp3) is 0.0556. The van der Waals surface area contributed by atoms with Crippen LogP contribution < -0.4 is 10.2 Å². The van der Waals surface area contributed by atoms with Crippen LogP contribution in [0.3, 0.4) is 0 Å². The van der Waals surface area contributed by atoms with Gasteiger partial charge in [0, 0.05) is 10.0 Å². The number of benzene rings is 2. The van der Waals surface area contributed by atoms with Crippen molar-refractivity contribution in [1.82, 2.24) is 5.32 Å². The topological polar surface area (TPSA) is 49.4 Å². The third kappa shape index (κ3) is 4.04. The summed E-state index contributed by atoms with van der Waals surface area (Å²) in [4.78, 5) is 26.1. The Morgan fingerprint density at radius 2 is 1.68 bits per heavy atom. The van der Waals surface area contributed by atoms with Gasteiger partial charge in [-0.1, -0.05) is 23.2 Å². The number of hydrogen-bond donors (Lipinski definition) is 1. The Labute approximate surface area is 172 Å². The number of alkyl halides is 3. The third-order valence-electron chi connectivity index (χ3n) is 3.81. The summed E-state index contributed by atoms with van der Waals surface area (Å²) in [5.41, 5.74) is -1.17. The number of nitrogens with zero attached hydrogens (tertiary/aromatic N) is 1. The highest BCUT2D eigenvalue weighted by Crippen LogP contribution is 2.33. The van der Waals surface area contributed by atoms with Crippen molar-refractivity contribution in [3.05, 3.63) is 69.2 Å². The van der Waals surface area contributed by atoms with E-state index in [-0.39, 0.29) is 15.7 Å². The van der Waals surface area contributed by atoms with Gasteiger partial charge in [-0.2, -0.15) is 13.2 Å². The minimum Gasteiger partial charge on any atom is -0.298 e. The largest absolute Gasteiger partial charge is 0.416 e. The van der Waals surface area contributed by atoms with E-state index in [1.807, 2.05) is 0 Å². The maximum absolute atomic E-state index is 13.0. The second-order valence-electron chi connectivity index (χ2n) is 5.67. The summed E-state index contributed by atoms with van der Waals surface area (Å²) in [6, 6.07) is 8.69. The average Bonchev–Trinajstić information content (AvgIpc) is 2.60. The lowest BCUT2D eigenvalue weighted by Gasteiger charge is -2.29. The Morgan fingerprint density at radius 1 is 1.04 bits per heavy atom. The van der Waals surface area contributed by atoms with E-state index in [9.17, 15) is 22.8 Å². The molecule has 0 saturated carbocycles. The summed E-state index contributed by atoms with van der Waals surface area (Å²) in [6.07, 6.45) is -3.60. The van der Waals surface area contributed by atoms with Gasteiger partial charge in [0.2, 0.25) is 0 Å². The Bertz CT molecular complexity index is 1020. The maximum atomic E-state index is 13.0. The Hall–Kier alpha value is -2.42. The summed E-state index contributed by atoms with van der Waals surface area (Å²) in [5, 5.41) is 2.55. The number of hydrogen-bond acceptors (Lipinski definition) is 3. The fourth-order valence-corrected chi connectivity index (χ4v) is 3.05. The van der Waals surface area contributed by atoms with Crippen LogP contribution in [-0.2, 0) is 15.8 Å². The minimum absolute atomic E-state index is 0.0488. The molecule has 0 radical (unpaired) electrons. The van der Waals surface area contributed by atoms with E-state index in [4.69, 9.17) is 35.4 Å². The Balaban J connectivity index is 2.06. The van der Waals surface area contributed by atoms with Crippen molar-refractivity contribution in [2.75, 3.05) is 4.90 Å². The molecule has 1 N–H and O–H groups in total. The van der Waals surface area contributed by atoms with Gasteiger partial charge in [-0.15, -0.1) is 0 Å². The van der Waals surface area contributed by atoms with Gasteiger partial charge < -0.3 is 0 Å². The average molecular weight is 445 g/mol. The predicted molar refractivity (Wildman–Crippen MR) is 104 cm³/mol. The zero-order valence-corrected chi connectivity index (χ0v) is 16.0. The molecule has 4 nitrogen and oxygen atoms in total. The van der Waals surface area contributed by atoms with Crippen molar-refractivity contribution in [3.63, 3.8) is 0 Å². The molecule has 1 fully saturated rings. The highest BCUT2D eigenvalue weighted by Gasteiger charge is 2.35. The molecule has 2 aromatic carbocycles. The molecule has 0 aliphatic carbocycles. The highest BCUT2D eigenvalue weighted by atomic mass is 35.5. The molecule has 1 heterocycles. The van der Waals surface area contributed by atoms with Crippen molar-refractivity contribution in [2.24, 2.45) is 0 Å². The van der Waals surface area contributed by atoms with Crippen LogP contribution in [0.4, 0.5) is 18.9 Å². The first-order valence-corrected chi connectivity index (χ1v) is 8.78. The van der Waals surface area contributed by atoms with E-state index in [1.54, 1.807) is 0 Å². The lowest BCUT2D eigenvalue weighted by Crippen LogP contribution is -2.54. The number of rotatable bonds is 2. The smallest absolute Gasteiger partial charge is 0.298 e. The zero-order chi connectivity index (χ0) is 20.6. The molecule has 1 saturated heterocycles. The van der Waals surface area contributed by atoms with E-state index in [0.29, 0.717) is 10.7 Å². The van der Waals surface area contributed by atoms with Crippen molar-refractivity contribution in [2.45, 2.75) is 6.18 Å². The number of anilines is 1. The first kappa shape index (κ1) is 20.3. The fourth-order valence-electron chi connectivity index (χ4n) is 2.47. The quantitative estimate of drug-likeness (QED) is 0.409. The van der Waals surface area contributed by atoms with Gasteiger partial charge >= 0.3 is 6.18 Å².